The zero-order valence-electron chi connectivity index (χ0n) is 9.48. The maximum atomic E-state index is 9.44. The third kappa shape index (κ3) is 1.40. The van der Waals surface area contributed by atoms with E-state index in [1.807, 2.05) is 6.07 Å². The first-order chi connectivity index (χ1) is 7.79. The van der Waals surface area contributed by atoms with Crippen molar-refractivity contribution < 1.29 is 9.84 Å². The van der Waals surface area contributed by atoms with Gasteiger partial charge < -0.3 is 9.84 Å². The van der Waals surface area contributed by atoms with Crippen molar-refractivity contribution >= 4 is 0 Å². The Hall–Kier alpha value is -0.860. The Balaban J connectivity index is 1.89. The van der Waals surface area contributed by atoms with Gasteiger partial charge in [-0.05, 0) is 31.2 Å². The number of aliphatic hydroxyl groups excluding tert-OH is 1. The average Bonchev–Trinajstić information content (AvgIpc) is 2.42. The summed E-state index contributed by atoms with van der Waals surface area (Å²) in [5, 5.41) is 9.44. The van der Waals surface area contributed by atoms with Crippen LogP contribution in [0.4, 0.5) is 0 Å². The van der Waals surface area contributed by atoms with Gasteiger partial charge in [-0.2, -0.15) is 0 Å². The number of ether oxygens (including phenoxy) is 1. The smallest absolute Gasteiger partial charge is 0.0932 e. The molecule has 0 aromatic heterocycles. The number of benzene rings is 1. The number of rotatable bonds is 2. The van der Waals surface area contributed by atoms with Gasteiger partial charge in [0.15, 0.2) is 0 Å². The van der Waals surface area contributed by atoms with E-state index < -0.39 is 0 Å². The largest absolute Gasteiger partial charge is 0.396 e. The lowest BCUT2D eigenvalue weighted by Gasteiger charge is -2.52. The Morgan fingerprint density at radius 1 is 1.06 bits per heavy atom. The van der Waals surface area contributed by atoms with Crippen LogP contribution in [-0.2, 0) is 10.3 Å². The number of hydrogen-bond acceptors (Lipinski definition) is 2. The van der Waals surface area contributed by atoms with E-state index in [4.69, 9.17) is 4.74 Å². The normalized spacial score (nSPS) is 37.6. The molecule has 0 atom stereocenters. The minimum Gasteiger partial charge on any atom is -0.396 e. The molecule has 3 aliphatic rings. The van der Waals surface area contributed by atoms with Crippen LogP contribution in [0.25, 0.3) is 0 Å². The van der Waals surface area contributed by atoms with Crippen LogP contribution in [0.15, 0.2) is 30.3 Å². The van der Waals surface area contributed by atoms with E-state index in [1.165, 1.54) is 5.56 Å². The third-order valence-corrected chi connectivity index (χ3v) is 4.41. The van der Waals surface area contributed by atoms with Crippen molar-refractivity contribution in [2.75, 3.05) is 13.2 Å². The molecule has 1 N–H and O–H groups in total. The van der Waals surface area contributed by atoms with Gasteiger partial charge in [0, 0.05) is 5.41 Å². The van der Waals surface area contributed by atoms with Crippen LogP contribution < -0.4 is 0 Å². The van der Waals surface area contributed by atoms with Crippen molar-refractivity contribution in [2.45, 2.75) is 31.3 Å². The predicted octanol–water partition coefficient (Wildman–Crippen LogP) is 2.46. The van der Waals surface area contributed by atoms with Gasteiger partial charge in [-0.25, -0.2) is 0 Å². The SMILES string of the molecule is OCC12CCC(c3ccccc3)(CC1)OC2. The Morgan fingerprint density at radius 3 is 2.25 bits per heavy atom. The molecule has 2 saturated heterocycles. The van der Waals surface area contributed by atoms with E-state index in [-0.39, 0.29) is 17.6 Å². The number of hydrogen-bond donors (Lipinski definition) is 1. The Bertz CT molecular complexity index is 347. The fourth-order valence-corrected chi connectivity index (χ4v) is 3.08. The van der Waals surface area contributed by atoms with Crippen LogP contribution in [0.1, 0.15) is 31.2 Å². The maximum absolute atomic E-state index is 9.44. The molecule has 16 heavy (non-hydrogen) atoms. The van der Waals surface area contributed by atoms with E-state index in [9.17, 15) is 5.11 Å². The Morgan fingerprint density at radius 2 is 1.75 bits per heavy atom. The van der Waals surface area contributed by atoms with Gasteiger partial charge in [0.25, 0.3) is 0 Å². The van der Waals surface area contributed by atoms with E-state index in [0.717, 1.165) is 32.3 Å². The predicted molar refractivity (Wildman–Crippen MR) is 62.1 cm³/mol. The first-order valence-corrected chi connectivity index (χ1v) is 6.09. The zero-order chi connectivity index (χ0) is 11.1. The van der Waals surface area contributed by atoms with Gasteiger partial charge in [0.1, 0.15) is 0 Å². The van der Waals surface area contributed by atoms with Crippen LogP contribution in [0, 0.1) is 5.41 Å². The first kappa shape index (κ1) is 10.3. The summed E-state index contributed by atoms with van der Waals surface area (Å²) >= 11 is 0. The van der Waals surface area contributed by atoms with E-state index in [1.54, 1.807) is 0 Å². The molecule has 2 nitrogen and oxygen atoms in total. The van der Waals surface area contributed by atoms with Crippen LogP contribution in [0.3, 0.4) is 0 Å². The second-order valence-corrected chi connectivity index (χ2v) is 5.31. The van der Waals surface area contributed by atoms with Gasteiger partial charge in [-0.1, -0.05) is 30.3 Å². The summed E-state index contributed by atoms with van der Waals surface area (Å²) < 4.78 is 6.08. The van der Waals surface area contributed by atoms with Crippen molar-refractivity contribution in [3.8, 4) is 0 Å². The molecule has 86 valence electrons. The summed E-state index contributed by atoms with van der Waals surface area (Å²) in [6.45, 7) is 0.996. The summed E-state index contributed by atoms with van der Waals surface area (Å²) in [6, 6.07) is 10.5. The molecule has 0 radical (unpaired) electrons. The average molecular weight is 218 g/mol. The third-order valence-electron chi connectivity index (χ3n) is 4.41. The fourth-order valence-electron chi connectivity index (χ4n) is 3.08. The fraction of sp³-hybridized carbons (Fsp3) is 0.571. The summed E-state index contributed by atoms with van der Waals surface area (Å²) in [5.41, 5.74) is 1.32. The molecule has 2 bridgehead atoms. The summed E-state index contributed by atoms with van der Waals surface area (Å²) in [5.74, 6) is 0. The Kier molecular flexibility index (Phi) is 2.30. The van der Waals surface area contributed by atoms with E-state index >= 15 is 0 Å². The van der Waals surface area contributed by atoms with Crippen LogP contribution in [0.2, 0.25) is 0 Å². The monoisotopic (exact) mass is 218 g/mol. The van der Waals surface area contributed by atoms with Crippen molar-refractivity contribution in [3.05, 3.63) is 35.9 Å². The van der Waals surface area contributed by atoms with Gasteiger partial charge in [-0.3, -0.25) is 0 Å². The molecule has 0 unspecified atom stereocenters. The summed E-state index contributed by atoms with van der Waals surface area (Å²) in [7, 11) is 0. The molecular formula is C14H18O2. The minimum absolute atomic E-state index is 0.0574. The molecule has 0 spiro atoms. The lowest BCUT2D eigenvalue weighted by molar-refractivity contribution is -0.199. The van der Waals surface area contributed by atoms with Crippen molar-refractivity contribution in [2.24, 2.45) is 5.41 Å². The highest BCUT2D eigenvalue weighted by Gasteiger charge is 2.50. The second kappa shape index (κ2) is 3.57. The van der Waals surface area contributed by atoms with Crippen LogP contribution >= 0.6 is 0 Å². The highest BCUT2D eigenvalue weighted by atomic mass is 16.5. The highest BCUT2D eigenvalue weighted by Crippen LogP contribution is 2.53. The first-order valence-electron chi connectivity index (χ1n) is 6.09. The Labute approximate surface area is 96.2 Å². The topological polar surface area (TPSA) is 29.5 Å². The van der Waals surface area contributed by atoms with Crippen molar-refractivity contribution in [1.82, 2.24) is 0 Å². The molecule has 1 saturated carbocycles. The maximum Gasteiger partial charge on any atom is 0.0932 e. The molecule has 2 heteroatoms. The number of aliphatic hydroxyl groups is 1. The zero-order valence-corrected chi connectivity index (χ0v) is 9.48. The molecule has 2 heterocycles. The molecule has 1 aliphatic carbocycles. The molecule has 2 aliphatic heterocycles. The standard InChI is InChI=1S/C14H18O2/c15-10-13-6-8-14(9-7-13,16-11-13)12-4-2-1-3-5-12/h1-5,15H,6-11H2. The minimum atomic E-state index is -0.0574. The van der Waals surface area contributed by atoms with Crippen LogP contribution in [0.5, 0.6) is 0 Å². The molecular weight excluding hydrogens is 200 g/mol. The number of fused-ring (bicyclic) bond motifs is 3. The van der Waals surface area contributed by atoms with E-state index in [2.05, 4.69) is 24.3 Å². The van der Waals surface area contributed by atoms with Gasteiger partial charge in [0.05, 0.1) is 18.8 Å². The quantitative estimate of drug-likeness (QED) is 0.826. The lowest BCUT2D eigenvalue weighted by Crippen LogP contribution is -2.50. The molecule has 3 fully saturated rings. The van der Waals surface area contributed by atoms with Gasteiger partial charge in [-0.15, -0.1) is 0 Å². The molecule has 1 aromatic rings. The van der Waals surface area contributed by atoms with Crippen molar-refractivity contribution in [3.63, 3.8) is 0 Å². The van der Waals surface area contributed by atoms with E-state index in [0.29, 0.717) is 0 Å². The van der Waals surface area contributed by atoms with Crippen molar-refractivity contribution in [1.29, 1.82) is 0 Å². The van der Waals surface area contributed by atoms with Gasteiger partial charge in [0.2, 0.25) is 0 Å². The lowest BCUT2D eigenvalue weighted by atomic mass is 9.64. The highest BCUT2D eigenvalue weighted by molar-refractivity contribution is 5.25. The second-order valence-electron chi connectivity index (χ2n) is 5.31. The molecule has 4 rings (SSSR count). The summed E-state index contributed by atoms with van der Waals surface area (Å²) in [6.07, 6.45) is 4.30. The van der Waals surface area contributed by atoms with Crippen LogP contribution in [-0.4, -0.2) is 18.3 Å². The molecule has 1 aromatic carbocycles. The van der Waals surface area contributed by atoms with Gasteiger partial charge >= 0.3 is 0 Å². The summed E-state index contributed by atoms with van der Waals surface area (Å²) in [4.78, 5) is 0. The molecule has 0 amide bonds.